The van der Waals surface area contributed by atoms with Crippen LogP contribution in [-0.2, 0) is 11.2 Å². The van der Waals surface area contributed by atoms with Gasteiger partial charge in [0.15, 0.2) is 0 Å². The van der Waals surface area contributed by atoms with E-state index in [1.165, 1.54) is 5.56 Å². The monoisotopic (exact) mass is 273 g/mol. The predicted molar refractivity (Wildman–Crippen MR) is 76.5 cm³/mol. The third-order valence-corrected chi connectivity index (χ3v) is 3.27. The zero-order chi connectivity index (χ0) is 14.4. The van der Waals surface area contributed by atoms with Crippen LogP contribution in [0.4, 0.5) is 0 Å². The number of carbonyl (C=O) groups excluding carboxylic acids is 1. The molecule has 0 fully saturated rings. The maximum absolute atomic E-state index is 12.3. The topological polar surface area (TPSA) is 58.2 Å². The average molecular weight is 273 g/mol. The van der Waals surface area contributed by atoms with Crippen molar-refractivity contribution in [1.29, 1.82) is 0 Å². The number of carbonyl (C=O) groups is 1. The quantitative estimate of drug-likeness (QED) is 0.872. The molecule has 1 heterocycles. The van der Waals surface area contributed by atoms with Gasteiger partial charge in [0.05, 0.1) is 12.6 Å². The number of rotatable bonds is 6. The van der Waals surface area contributed by atoms with E-state index in [1.807, 2.05) is 18.2 Å². The second-order valence-electron chi connectivity index (χ2n) is 4.69. The smallest absolute Gasteiger partial charge is 0.271 e. The number of methoxy groups -OCH3 is 1. The first-order valence-electron chi connectivity index (χ1n) is 6.51. The maximum atomic E-state index is 12.3. The minimum atomic E-state index is -0.0829. The van der Waals surface area contributed by atoms with E-state index in [0.29, 0.717) is 12.3 Å². The van der Waals surface area contributed by atoms with Crippen LogP contribution in [0.25, 0.3) is 0 Å². The molecule has 0 aliphatic carbocycles. The van der Waals surface area contributed by atoms with Crippen LogP contribution in [0.1, 0.15) is 16.1 Å². The van der Waals surface area contributed by atoms with Gasteiger partial charge < -0.3 is 9.64 Å². The molecule has 5 heteroatoms. The van der Waals surface area contributed by atoms with E-state index in [4.69, 9.17) is 4.74 Å². The minimum Gasteiger partial charge on any atom is -0.383 e. The van der Waals surface area contributed by atoms with E-state index in [-0.39, 0.29) is 11.9 Å². The summed E-state index contributed by atoms with van der Waals surface area (Å²) < 4.78 is 5.25. The summed E-state index contributed by atoms with van der Waals surface area (Å²) in [5, 5.41) is 6.51. The first-order chi connectivity index (χ1) is 9.72. The predicted octanol–water partition coefficient (Wildman–Crippen LogP) is 1.74. The number of amides is 1. The first-order valence-corrected chi connectivity index (χ1v) is 6.51. The van der Waals surface area contributed by atoms with Gasteiger partial charge in [-0.05, 0) is 18.1 Å². The molecule has 0 aliphatic rings. The second kappa shape index (κ2) is 6.86. The second-order valence-corrected chi connectivity index (χ2v) is 4.69. The molecule has 1 aromatic carbocycles. The zero-order valence-corrected chi connectivity index (χ0v) is 11.7. The van der Waals surface area contributed by atoms with Crippen molar-refractivity contribution in [3.63, 3.8) is 0 Å². The van der Waals surface area contributed by atoms with E-state index in [9.17, 15) is 4.79 Å². The van der Waals surface area contributed by atoms with E-state index in [0.717, 1.165) is 6.42 Å². The van der Waals surface area contributed by atoms with Crippen molar-refractivity contribution >= 4 is 5.91 Å². The third kappa shape index (κ3) is 3.45. The number of aromatic amines is 1. The molecule has 0 spiro atoms. The Balaban J connectivity index is 2.09. The summed E-state index contributed by atoms with van der Waals surface area (Å²) in [7, 11) is 3.43. The molecular formula is C15H19N3O2. The molecule has 0 radical (unpaired) electrons. The van der Waals surface area contributed by atoms with E-state index >= 15 is 0 Å². The van der Waals surface area contributed by atoms with Gasteiger partial charge in [0.25, 0.3) is 5.91 Å². The molecular weight excluding hydrogens is 254 g/mol. The molecule has 5 nitrogen and oxygen atoms in total. The normalized spacial score (nSPS) is 12.1. The van der Waals surface area contributed by atoms with E-state index < -0.39 is 0 Å². The Morgan fingerprint density at radius 1 is 1.35 bits per heavy atom. The first kappa shape index (κ1) is 14.3. The number of likely N-dealkylation sites (N-methyl/N-ethyl adjacent to an activating group) is 1. The molecule has 106 valence electrons. The third-order valence-electron chi connectivity index (χ3n) is 3.27. The highest BCUT2D eigenvalue weighted by Crippen LogP contribution is 2.11. The molecule has 1 atom stereocenters. The van der Waals surface area contributed by atoms with Crippen molar-refractivity contribution in [2.75, 3.05) is 20.8 Å². The van der Waals surface area contributed by atoms with Crippen molar-refractivity contribution < 1.29 is 9.53 Å². The number of hydrogen-bond acceptors (Lipinski definition) is 3. The number of nitrogens with one attached hydrogen (secondary N) is 1. The number of nitrogens with zero attached hydrogens (tertiary/aromatic N) is 2. The molecule has 1 aromatic heterocycles. The highest BCUT2D eigenvalue weighted by atomic mass is 16.5. The van der Waals surface area contributed by atoms with Gasteiger partial charge in [-0.1, -0.05) is 30.3 Å². The van der Waals surface area contributed by atoms with Crippen LogP contribution in [0.15, 0.2) is 42.6 Å². The Morgan fingerprint density at radius 3 is 2.70 bits per heavy atom. The standard InChI is InChI=1S/C15H19N3O2/c1-18(15(19)14-8-9-16-17-14)13(11-20-2)10-12-6-4-3-5-7-12/h3-9,13H,10-11H2,1-2H3,(H,16,17). The summed E-state index contributed by atoms with van der Waals surface area (Å²) in [6.45, 7) is 0.491. The van der Waals surface area contributed by atoms with Crippen LogP contribution in [-0.4, -0.2) is 47.8 Å². The highest BCUT2D eigenvalue weighted by molar-refractivity contribution is 5.92. The molecule has 0 saturated carbocycles. The van der Waals surface area contributed by atoms with Gasteiger partial charge in [0, 0.05) is 20.4 Å². The summed E-state index contributed by atoms with van der Waals surface area (Å²) in [6.07, 6.45) is 2.33. The summed E-state index contributed by atoms with van der Waals surface area (Å²) in [5.41, 5.74) is 1.67. The van der Waals surface area contributed by atoms with Crippen LogP contribution in [0.5, 0.6) is 0 Å². The summed E-state index contributed by atoms with van der Waals surface area (Å²) in [5.74, 6) is -0.0829. The number of H-pyrrole nitrogens is 1. The fraction of sp³-hybridized carbons (Fsp3) is 0.333. The average Bonchev–Trinajstić information content (AvgIpc) is 3.00. The van der Waals surface area contributed by atoms with E-state index in [1.54, 1.807) is 31.3 Å². The van der Waals surface area contributed by atoms with Crippen LogP contribution in [0.3, 0.4) is 0 Å². The SMILES string of the molecule is COCC(Cc1ccccc1)N(C)C(=O)c1ccn[nH]1. The van der Waals surface area contributed by atoms with Crippen molar-refractivity contribution in [2.24, 2.45) is 0 Å². The molecule has 0 bridgehead atoms. The van der Waals surface area contributed by atoms with Crippen LogP contribution >= 0.6 is 0 Å². The van der Waals surface area contributed by atoms with Crippen LogP contribution in [0, 0.1) is 0 Å². The molecule has 1 amide bonds. The van der Waals surface area contributed by atoms with Gasteiger partial charge >= 0.3 is 0 Å². The van der Waals surface area contributed by atoms with Crippen molar-refractivity contribution in [3.05, 3.63) is 53.9 Å². The number of aromatic nitrogens is 2. The molecule has 20 heavy (non-hydrogen) atoms. The fourth-order valence-corrected chi connectivity index (χ4v) is 2.12. The summed E-state index contributed by atoms with van der Waals surface area (Å²) >= 11 is 0. The molecule has 0 aliphatic heterocycles. The molecule has 1 unspecified atom stereocenters. The number of benzene rings is 1. The van der Waals surface area contributed by atoms with Gasteiger partial charge in [-0.2, -0.15) is 5.10 Å². The highest BCUT2D eigenvalue weighted by Gasteiger charge is 2.22. The largest absolute Gasteiger partial charge is 0.383 e. The fourth-order valence-electron chi connectivity index (χ4n) is 2.12. The molecule has 0 saturated heterocycles. The van der Waals surface area contributed by atoms with Crippen LogP contribution < -0.4 is 0 Å². The van der Waals surface area contributed by atoms with Gasteiger partial charge in [-0.3, -0.25) is 9.89 Å². The zero-order valence-electron chi connectivity index (χ0n) is 11.7. The number of ether oxygens (including phenoxy) is 1. The van der Waals surface area contributed by atoms with Gasteiger partial charge in [-0.25, -0.2) is 0 Å². The van der Waals surface area contributed by atoms with Gasteiger partial charge in [0.1, 0.15) is 5.69 Å². The number of hydrogen-bond donors (Lipinski definition) is 1. The lowest BCUT2D eigenvalue weighted by Crippen LogP contribution is -2.41. The maximum Gasteiger partial charge on any atom is 0.271 e. The molecule has 2 aromatic rings. The lowest BCUT2D eigenvalue weighted by Gasteiger charge is -2.27. The Hall–Kier alpha value is -2.14. The lowest BCUT2D eigenvalue weighted by molar-refractivity contribution is 0.0599. The van der Waals surface area contributed by atoms with Crippen molar-refractivity contribution in [1.82, 2.24) is 15.1 Å². The van der Waals surface area contributed by atoms with Gasteiger partial charge in [0.2, 0.25) is 0 Å². The van der Waals surface area contributed by atoms with E-state index in [2.05, 4.69) is 22.3 Å². The lowest BCUT2D eigenvalue weighted by atomic mass is 10.1. The van der Waals surface area contributed by atoms with Crippen molar-refractivity contribution in [3.8, 4) is 0 Å². The van der Waals surface area contributed by atoms with Gasteiger partial charge in [-0.15, -0.1) is 0 Å². The Labute approximate surface area is 118 Å². The molecule has 2 rings (SSSR count). The Morgan fingerprint density at radius 2 is 2.10 bits per heavy atom. The van der Waals surface area contributed by atoms with Crippen LogP contribution in [0.2, 0.25) is 0 Å². The summed E-state index contributed by atoms with van der Waals surface area (Å²) in [6, 6.07) is 11.7. The minimum absolute atomic E-state index is 0.0156. The Bertz CT molecular complexity index is 525. The Kier molecular flexibility index (Phi) is 4.90. The molecule has 1 N–H and O–H groups in total. The van der Waals surface area contributed by atoms with Crippen molar-refractivity contribution in [2.45, 2.75) is 12.5 Å². The summed E-state index contributed by atoms with van der Waals surface area (Å²) in [4.78, 5) is 14.0.